The van der Waals surface area contributed by atoms with E-state index in [1.165, 1.54) is 0 Å². The number of aromatic nitrogens is 2. The number of hydrogen-bond donors (Lipinski definition) is 2. The highest BCUT2D eigenvalue weighted by Gasteiger charge is 2.11. The van der Waals surface area contributed by atoms with Gasteiger partial charge in [0.2, 0.25) is 0 Å². The largest absolute Gasteiger partial charge is 0.462 e. The van der Waals surface area contributed by atoms with E-state index in [4.69, 9.17) is 5.11 Å². The van der Waals surface area contributed by atoms with Crippen molar-refractivity contribution in [2.45, 2.75) is 33.0 Å². The third kappa shape index (κ3) is 6.96. The summed E-state index contributed by atoms with van der Waals surface area (Å²) in [5, 5.41) is 12.5. The normalized spacial score (nSPS) is 14.1. The minimum Gasteiger partial charge on any atom is -0.462 e. The summed E-state index contributed by atoms with van der Waals surface area (Å²) >= 11 is 0. The Morgan fingerprint density at radius 2 is 1.89 bits per heavy atom. The van der Waals surface area contributed by atoms with Gasteiger partial charge in [-0.15, -0.1) is 0 Å². The Kier molecular flexibility index (Phi) is 7.69. The van der Waals surface area contributed by atoms with Gasteiger partial charge in [0, 0.05) is 31.7 Å². The number of aliphatic hydroxyl groups is 1. The second-order valence-electron chi connectivity index (χ2n) is 7.19. The fraction of sp³-hybridized carbons (Fsp3) is 0.450. The third-order valence-electron chi connectivity index (χ3n) is 3.89. The van der Waals surface area contributed by atoms with Gasteiger partial charge in [-0.05, 0) is 32.4 Å². The van der Waals surface area contributed by atoms with Gasteiger partial charge in [0.15, 0.2) is 5.82 Å². The second-order valence-corrected chi connectivity index (χ2v) is 7.19. The van der Waals surface area contributed by atoms with Gasteiger partial charge in [-0.2, -0.15) is 0 Å². The maximum atomic E-state index is 9.60. The maximum absolute atomic E-state index is 9.60. The molecule has 1 aromatic heterocycles. The third-order valence-corrected chi connectivity index (χ3v) is 3.89. The molecule has 0 amide bonds. The molecule has 1 saturated heterocycles. The van der Waals surface area contributed by atoms with E-state index in [9.17, 15) is 4.79 Å². The standard InChI is InChI=1S/C15H18N4O.C5H10O2/c20-11-12-2-1-3-13(8-12)15-17-9-14(10-18-15)19-6-4-16-5-7-19;1-5(2,3)7-4-6/h1-3,8-10,16,20H,4-7,11H2;4H,1-3H3. The van der Waals surface area contributed by atoms with Crippen molar-refractivity contribution in [2.24, 2.45) is 0 Å². The van der Waals surface area contributed by atoms with Crippen molar-refractivity contribution in [3.05, 3.63) is 42.2 Å². The number of rotatable bonds is 4. The first kappa shape index (κ1) is 20.8. The Labute approximate surface area is 160 Å². The number of nitrogens with one attached hydrogen (secondary N) is 1. The Hall–Kier alpha value is -2.51. The van der Waals surface area contributed by atoms with Gasteiger partial charge >= 0.3 is 0 Å². The van der Waals surface area contributed by atoms with Crippen LogP contribution in [-0.2, 0) is 16.1 Å². The zero-order chi connectivity index (χ0) is 19.7. The van der Waals surface area contributed by atoms with Crippen LogP contribution in [0.4, 0.5) is 5.69 Å². The van der Waals surface area contributed by atoms with E-state index in [2.05, 4.69) is 24.9 Å². The number of aliphatic hydroxyl groups excluding tert-OH is 1. The van der Waals surface area contributed by atoms with Crippen molar-refractivity contribution in [2.75, 3.05) is 31.1 Å². The molecule has 0 unspecified atom stereocenters. The van der Waals surface area contributed by atoms with Crippen LogP contribution in [0.25, 0.3) is 11.4 Å². The van der Waals surface area contributed by atoms with Gasteiger partial charge < -0.3 is 20.1 Å². The van der Waals surface area contributed by atoms with Crippen LogP contribution < -0.4 is 10.2 Å². The summed E-state index contributed by atoms with van der Waals surface area (Å²) < 4.78 is 4.55. The minimum atomic E-state index is -0.318. The summed E-state index contributed by atoms with van der Waals surface area (Å²) in [5.74, 6) is 0.694. The summed E-state index contributed by atoms with van der Waals surface area (Å²) in [6.07, 6.45) is 3.75. The molecule has 0 atom stereocenters. The number of anilines is 1. The van der Waals surface area contributed by atoms with Gasteiger partial charge in [-0.1, -0.05) is 18.2 Å². The van der Waals surface area contributed by atoms with E-state index in [0.717, 1.165) is 43.0 Å². The molecule has 2 aromatic rings. The zero-order valence-electron chi connectivity index (χ0n) is 16.2. The fourth-order valence-electron chi connectivity index (χ4n) is 2.51. The van der Waals surface area contributed by atoms with Gasteiger partial charge in [0.1, 0.15) is 5.60 Å². The number of nitrogens with zero attached hydrogens (tertiary/aromatic N) is 3. The topological polar surface area (TPSA) is 87.6 Å². The molecule has 1 aliphatic heterocycles. The number of benzene rings is 1. The van der Waals surface area contributed by atoms with Crippen molar-refractivity contribution < 1.29 is 14.6 Å². The molecule has 0 saturated carbocycles. The van der Waals surface area contributed by atoms with Gasteiger partial charge in [0.25, 0.3) is 6.47 Å². The molecular weight excluding hydrogens is 344 g/mol. The van der Waals surface area contributed by atoms with Crippen molar-refractivity contribution in [1.82, 2.24) is 15.3 Å². The summed E-state index contributed by atoms with van der Waals surface area (Å²) in [6, 6.07) is 7.67. The molecule has 0 aliphatic carbocycles. The van der Waals surface area contributed by atoms with Gasteiger partial charge in [0.05, 0.1) is 24.7 Å². The molecule has 146 valence electrons. The van der Waals surface area contributed by atoms with Crippen LogP contribution in [0, 0.1) is 0 Å². The summed E-state index contributed by atoms with van der Waals surface area (Å²) in [5.41, 5.74) is 2.55. The maximum Gasteiger partial charge on any atom is 0.293 e. The molecule has 0 radical (unpaired) electrons. The van der Waals surface area contributed by atoms with Crippen LogP contribution >= 0.6 is 0 Å². The van der Waals surface area contributed by atoms with Crippen molar-refractivity contribution in [3.8, 4) is 11.4 Å². The predicted octanol–water partition coefficient (Wildman–Crippen LogP) is 2.00. The monoisotopic (exact) mass is 372 g/mol. The number of carbonyl (C=O) groups is 1. The molecule has 0 spiro atoms. The molecule has 1 aliphatic rings. The SMILES string of the molecule is CC(C)(C)OC=O.OCc1cccc(-c2ncc(N3CCNCC3)cn2)c1. The quantitative estimate of drug-likeness (QED) is 0.794. The number of carbonyl (C=O) groups excluding carboxylic acids is 1. The lowest BCUT2D eigenvalue weighted by Gasteiger charge is -2.28. The van der Waals surface area contributed by atoms with Crippen LogP contribution in [0.2, 0.25) is 0 Å². The Balaban J connectivity index is 0.000000321. The van der Waals surface area contributed by atoms with E-state index in [1.54, 1.807) is 0 Å². The fourth-order valence-corrected chi connectivity index (χ4v) is 2.51. The minimum absolute atomic E-state index is 0.0344. The van der Waals surface area contributed by atoms with Crippen LogP contribution in [0.5, 0.6) is 0 Å². The van der Waals surface area contributed by atoms with Crippen LogP contribution in [0.1, 0.15) is 26.3 Å². The molecule has 2 heterocycles. The van der Waals surface area contributed by atoms with E-state index in [-0.39, 0.29) is 12.2 Å². The van der Waals surface area contributed by atoms with E-state index < -0.39 is 0 Å². The van der Waals surface area contributed by atoms with Crippen LogP contribution in [0.15, 0.2) is 36.7 Å². The number of hydrogen-bond acceptors (Lipinski definition) is 7. The van der Waals surface area contributed by atoms with Crippen molar-refractivity contribution >= 4 is 12.2 Å². The average molecular weight is 372 g/mol. The second kappa shape index (κ2) is 9.99. The first-order chi connectivity index (χ1) is 12.9. The number of ether oxygens (including phenoxy) is 1. The molecule has 0 bridgehead atoms. The smallest absolute Gasteiger partial charge is 0.293 e. The molecular formula is C20H28N4O3. The lowest BCUT2D eigenvalue weighted by atomic mass is 10.1. The Bertz CT molecular complexity index is 708. The highest BCUT2D eigenvalue weighted by Crippen LogP contribution is 2.19. The highest BCUT2D eigenvalue weighted by atomic mass is 16.5. The Morgan fingerprint density at radius 1 is 1.22 bits per heavy atom. The van der Waals surface area contributed by atoms with Crippen molar-refractivity contribution in [1.29, 1.82) is 0 Å². The summed E-state index contributed by atoms with van der Waals surface area (Å²) in [4.78, 5) is 20.8. The molecule has 7 nitrogen and oxygen atoms in total. The average Bonchev–Trinajstić information content (AvgIpc) is 2.68. The highest BCUT2D eigenvalue weighted by molar-refractivity contribution is 5.57. The van der Waals surface area contributed by atoms with E-state index in [0.29, 0.717) is 12.3 Å². The van der Waals surface area contributed by atoms with E-state index >= 15 is 0 Å². The lowest BCUT2D eigenvalue weighted by molar-refractivity contribution is -0.138. The first-order valence-electron chi connectivity index (χ1n) is 9.02. The zero-order valence-corrected chi connectivity index (χ0v) is 16.2. The molecule has 7 heteroatoms. The van der Waals surface area contributed by atoms with Gasteiger partial charge in [-0.25, -0.2) is 9.97 Å². The van der Waals surface area contributed by atoms with Gasteiger partial charge in [-0.3, -0.25) is 4.79 Å². The number of piperazine rings is 1. The van der Waals surface area contributed by atoms with Crippen molar-refractivity contribution in [3.63, 3.8) is 0 Å². The molecule has 2 N–H and O–H groups in total. The predicted molar refractivity (Wildman–Crippen MR) is 105 cm³/mol. The first-order valence-corrected chi connectivity index (χ1v) is 9.02. The summed E-state index contributed by atoms with van der Waals surface area (Å²) in [7, 11) is 0. The molecule has 1 fully saturated rings. The molecule has 1 aromatic carbocycles. The van der Waals surface area contributed by atoms with Crippen LogP contribution in [-0.4, -0.2) is 53.3 Å². The van der Waals surface area contributed by atoms with Crippen LogP contribution in [0.3, 0.4) is 0 Å². The lowest BCUT2D eigenvalue weighted by Crippen LogP contribution is -2.43. The molecule has 3 rings (SSSR count). The van der Waals surface area contributed by atoms with E-state index in [1.807, 2.05) is 57.4 Å². The molecule has 27 heavy (non-hydrogen) atoms. The Morgan fingerprint density at radius 3 is 2.41 bits per heavy atom. The summed E-state index contributed by atoms with van der Waals surface area (Å²) in [6.45, 7) is 9.93.